The van der Waals surface area contributed by atoms with Crippen molar-refractivity contribution in [3.05, 3.63) is 108 Å². The van der Waals surface area contributed by atoms with E-state index in [0.717, 1.165) is 29.5 Å². The Balaban J connectivity index is 1.81. The van der Waals surface area contributed by atoms with Gasteiger partial charge in [0, 0.05) is 6.61 Å². The van der Waals surface area contributed by atoms with Crippen molar-refractivity contribution in [1.29, 1.82) is 0 Å². The standard InChI is InChI=1S/C25H26O2/c26-18-20-16-17-21(20)19-27-25(22-10-4-1-5-11-22,23-12-6-2-7-13-23)24-14-8-3-9-15-24/h1-15,20-21,26H,16-19H2. The molecule has 0 heterocycles. The molecule has 2 heteroatoms. The van der Waals surface area contributed by atoms with Crippen molar-refractivity contribution >= 4 is 0 Å². The van der Waals surface area contributed by atoms with E-state index in [1.807, 2.05) is 18.2 Å². The van der Waals surface area contributed by atoms with E-state index >= 15 is 0 Å². The molecule has 3 aromatic rings. The number of hydrogen-bond acceptors (Lipinski definition) is 2. The van der Waals surface area contributed by atoms with Gasteiger partial charge in [0.25, 0.3) is 0 Å². The Bertz CT molecular complexity index is 731. The quantitative estimate of drug-likeness (QED) is 0.601. The first kappa shape index (κ1) is 18.0. The summed E-state index contributed by atoms with van der Waals surface area (Å²) < 4.78 is 6.81. The van der Waals surface area contributed by atoms with Crippen LogP contribution < -0.4 is 0 Å². The lowest BCUT2D eigenvalue weighted by atomic mass is 9.74. The Kier molecular flexibility index (Phi) is 5.38. The van der Waals surface area contributed by atoms with Crippen LogP contribution in [0.2, 0.25) is 0 Å². The summed E-state index contributed by atoms with van der Waals surface area (Å²) in [5.41, 5.74) is 2.73. The Morgan fingerprint density at radius 1 is 0.667 bits per heavy atom. The third-order valence-corrected chi connectivity index (χ3v) is 5.86. The van der Waals surface area contributed by atoms with Crippen LogP contribution in [0.1, 0.15) is 29.5 Å². The molecule has 0 radical (unpaired) electrons. The smallest absolute Gasteiger partial charge is 0.143 e. The van der Waals surface area contributed by atoms with Gasteiger partial charge in [-0.2, -0.15) is 0 Å². The van der Waals surface area contributed by atoms with Gasteiger partial charge < -0.3 is 9.84 Å². The van der Waals surface area contributed by atoms with Crippen LogP contribution in [0.15, 0.2) is 91.0 Å². The van der Waals surface area contributed by atoms with E-state index in [9.17, 15) is 5.11 Å². The fourth-order valence-corrected chi connectivity index (χ4v) is 4.10. The van der Waals surface area contributed by atoms with E-state index in [1.54, 1.807) is 0 Å². The highest BCUT2D eigenvalue weighted by Gasteiger charge is 2.40. The fraction of sp³-hybridized carbons (Fsp3) is 0.280. The van der Waals surface area contributed by atoms with E-state index in [1.165, 1.54) is 0 Å². The van der Waals surface area contributed by atoms with Gasteiger partial charge in [-0.05, 0) is 41.4 Å². The van der Waals surface area contributed by atoms with Crippen molar-refractivity contribution in [3.8, 4) is 0 Å². The molecule has 4 rings (SSSR count). The molecule has 2 unspecified atom stereocenters. The molecule has 0 amide bonds. The van der Waals surface area contributed by atoms with E-state index in [0.29, 0.717) is 18.4 Å². The first-order valence-electron chi connectivity index (χ1n) is 9.76. The zero-order valence-electron chi connectivity index (χ0n) is 15.5. The third-order valence-electron chi connectivity index (χ3n) is 5.86. The number of aliphatic hydroxyl groups is 1. The average Bonchev–Trinajstić information content (AvgIpc) is 2.73. The molecule has 138 valence electrons. The number of hydrogen-bond donors (Lipinski definition) is 1. The number of ether oxygens (including phenoxy) is 1. The average molecular weight is 358 g/mol. The minimum atomic E-state index is -0.653. The first-order chi connectivity index (χ1) is 13.3. The van der Waals surface area contributed by atoms with Gasteiger partial charge in [0.15, 0.2) is 0 Å². The van der Waals surface area contributed by atoms with E-state index in [2.05, 4.69) is 72.8 Å². The van der Waals surface area contributed by atoms with Crippen LogP contribution in [-0.2, 0) is 10.3 Å². The highest BCUT2D eigenvalue weighted by Crippen LogP contribution is 2.43. The SMILES string of the molecule is OCC1CCC1COC(c1ccccc1)(c1ccccc1)c1ccccc1. The summed E-state index contributed by atoms with van der Waals surface area (Å²) in [5, 5.41) is 9.58. The second-order valence-corrected chi connectivity index (χ2v) is 7.37. The van der Waals surface area contributed by atoms with Crippen LogP contribution in [0.25, 0.3) is 0 Å². The Labute approximate surface area is 161 Å². The van der Waals surface area contributed by atoms with E-state index in [-0.39, 0.29) is 6.61 Å². The summed E-state index contributed by atoms with van der Waals surface area (Å²) in [5.74, 6) is 0.788. The van der Waals surface area contributed by atoms with Gasteiger partial charge in [0.2, 0.25) is 0 Å². The molecular formula is C25H26O2. The van der Waals surface area contributed by atoms with Crippen LogP contribution >= 0.6 is 0 Å². The molecule has 0 aromatic heterocycles. The molecule has 3 aromatic carbocycles. The molecule has 2 atom stereocenters. The maximum atomic E-state index is 9.58. The van der Waals surface area contributed by atoms with Crippen molar-refractivity contribution in [1.82, 2.24) is 0 Å². The van der Waals surface area contributed by atoms with Crippen molar-refractivity contribution in [2.75, 3.05) is 13.2 Å². The lowest BCUT2D eigenvalue weighted by molar-refractivity contribution is -0.0520. The number of rotatable bonds is 7. The summed E-state index contributed by atoms with van der Waals surface area (Å²) in [7, 11) is 0. The normalized spacial score (nSPS) is 19.4. The van der Waals surface area contributed by atoms with E-state index in [4.69, 9.17) is 4.74 Å². The molecule has 27 heavy (non-hydrogen) atoms. The van der Waals surface area contributed by atoms with Crippen molar-refractivity contribution in [2.45, 2.75) is 18.4 Å². The van der Waals surface area contributed by atoms with Crippen molar-refractivity contribution < 1.29 is 9.84 Å². The number of aliphatic hydroxyl groups excluding tert-OH is 1. The summed E-state index contributed by atoms with van der Waals surface area (Å²) in [6.07, 6.45) is 2.22. The van der Waals surface area contributed by atoms with Gasteiger partial charge in [0.05, 0.1) is 6.61 Å². The second-order valence-electron chi connectivity index (χ2n) is 7.37. The molecule has 0 aliphatic heterocycles. The maximum Gasteiger partial charge on any atom is 0.143 e. The van der Waals surface area contributed by atoms with Crippen LogP contribution in [0.5, 0.6) is 0 Å². The second kappa shape index (κ2) is 8.08. The summed E-state index contributed by atoms with van der Waals surface area (Å²) in [6.45, 7) is 0.896. The highest BCUT2D eigenvalue weighted by atomic mass is 16.5. The Morgan fingerprint density at radius 3 is 1.41 bits per heavy atom. The highest BCUT2D eigenvalue weighted by molar-refractivity contribution is 5.47. The maximum absolute atomic E-state index is 9.58. The topological polar surface area (TPSA) is 29.5 Å². The van der Waals surface area contributed by atoms with Crippen LogP contribution in [-0.4, -0.2) is 18.3 Å². The van der Waals surface area contributed by atoms with Crippen molar-refractivity contribution in [3.63, 3.8) is 0 Å². The molecule has 1 aliphatic rings. The minimum Gasteiger partial charge on any atom is -0.396 e. The minimum absolute atomic E-state index is 0.253. The van der Waals surface area contributed by atoms with Gasteiger partial charge in [0.1, 0.15) is 5.60 Å². The van der Waals surface area contributed by atoms with Gasteiger partial charge in [-0.25, -0.2) is 0 Å². The van der Waals surface area contributed by atoms with Gasteiger partial charge in [-0.1, -0.05) is 91.0 Å². The monoisotopic (exact) mass is 358 g/mol. The summed E-state index contributed by atoms with van der Waals surface area (Å²) >= 11 is 0. The van der Waals surface area contributed by atoms with Crippen molar-refractivity contribution in [2.24, 2.45) is 11.8 Å². The predicted molar refractivity (Wildman–Crippen MR) is 108 cm³/mol. The molecular weight excluding hydrogens is 332 g/mol. The van der Waals surface area contributed by atoms with Crippen LogP contribution in [0.3, 0.4) is 0 Å². The molecule has 0 bridgehead atoms. The summed E-state index contributed by atoms with van der Waals surface area (Å²) in [4.78, 5) is 0. The molecule has 1 N–H and O–H groups in total. The van der Waals surface area contributed by atoms with Gasteiger partial charge >= 0.3 is 0 Å². The summed E-state index contributed by atoms with van der Waals surface area (Å²) in [6, 6.07) is 31.4. The molecule has 0 spiro atoms. The number of benzene rings is 3. The van der Waals surface area contributed by atoms with E-state index < -0.39 is 5.60 Å². The zero-order chi connectivity index (χ0) is 18.5. The Hall–Kier alpha value is -2.42. The molecule has 1 saturated carbocycles. The molecule has 0 saturated heterocycles. The first-order valence-corrected chi connectivity index (χ1v) is 9.76. The fourth-order valence-electron chi connectivity index (χ4n) is 4.10. The molecule has 1 aliphatic carbocycles. The zero-order valence-corrected chi connectivity index (χ0v) is 15.5. The third kappa shape index (κ3) is 3.43. The van der Waals surface area contributed by atoms with Crippen LogP contribution in [0.4, 0.5) is 0 Å². The van der Waals surface area contributed by atoms with Gasteiger partial charge in [-0.15, -0.1) is 0 Å². The lowest BCUT2D eigenvalue weighted by Crippen LogP contribution is -2.39. The van der Waals surface area contributed by atoms with Crippen LogP contribution in [0, 0.1) is 11.8 Å². The molecule has 1 fully saturated rings. The molecule has 2 nitrogen and oxygen atoms in total. The predicted octanol–water partition coefficient (Wildman–Crippen LogP) is 5.01. The largest absolute Gasteiger partial charge is 0.396 e. The Morgan fingerprint density at radius 2 is 1.07 bits per heavy atom. The van der Waals surface area contributed by atoms with Gasteiger partial charge in [-0.3, -0.25) is 0 Å². The lowest BCUT2D eigenvalue weighted by Gasteiger charge is -2.41.